The van der Waals surface area contributed by atoms with Crippen LogP contribution < -0.4 is 5.32 Å². The van der Waals surface area contributed by atoms with Gasteiger partial charge < -0.3 is 5.32 Å². The van der Waals surface area contributed by atoms with Crippen molar-refractivity contribution in [2.24, 2.45) is 5.92 Å². The van der Waals surface area contributed by atoms with Gasteiger partial charge in [-0.25, -0.2) is 0 Å². The quantitative estimate of drug-likeness (QED) is 0.667. The highest BCUT2D eigenvalue weighted by atomic mass is 16.1. The van der Waals surface area contributed by atoms with Gasteiger partial charge in [0.15, 0.2) is 0 Å². The summed E-state index contributed by atoms with van der Waals surface area (Å²) in [5, 5.41) is 2.78. The number of nitrogens with one attached hydrogen (secondary N) is 1. The highest BCUT2D eigenvalue weighted by molar-refractivity contribution is 5.85. The normalized spacial score (nSPS) is 29.0. The average molecular weight is 169 g/mol. The molecule has 1 fully saturated rings. The molecule has 2 atom stereocenters. The Balaban J connectivity index is 2.43. The van der Waals surface area contributed by atoms with E-state index in [9.17, 15) is 9.59 Å². The van der Waals surface area contributed by atoms with Crippen LogP contribution in [0.25, 0.3) is 0 Å². The average Bonchev–Trinajstić information content (AvgIpc) is 2.29. The summed E-state index contributed by atoms with van der Waals surface area (Å²) in [6.07, 6.45) is 2.25. The molecule has 1 aliphatic rings. The van der Waals surface area contributed by atoms with Crippen molar-refractivity contribution >= 4 is 11.7 Å². The van der Waals surface area contributed by atoms with Crippen molar-refractivity contribution in [2.45, 2.75) is 39.2 Å². The molecule has 1 saturated carbocycles. The summed E-state index contributed by atoms with van der Waals surface area (Å²) in [6.45, 7) is 3.50. The molecular formula is C9H15NO2. The van der Waals surface area contributed by atoms with Crippen LogP contribution in [-0.4, -0.2) is 17.7 Å². The molecule has 0 heterocycles. The third kappa shape index (κ3) is 2.06. The molecule has 0 aromatic carbocycles. The Labute approximate surface area is 72.5 Å². The van der Waals surface area contributed by atoms with Crippen molar-refractivity contribution in [2.75, 3.05) is 0 Å². The van der Waals surface area contributed by atoms with Gasteiger partial charge >= 0.3 is 0 Å². The SMILES string of the molecule is CCC1CC(NC(C)=O)CC1=O. The molecule has 0 aliphatic heterocycles. The van der Waals surface area contributed by atoms with Crippen LogP contribution in [0.3, 0.4) is 0 Å². The lowest BCUT2D eigenvalue weighted by Crippen LogP contribution is -2.30. The van der Waals surface area contributed by atoms with Crippen molar-refractivity contribution in [3.05, 3.63) is 0 Å². The van der Waals surface area contributed by atoms with Crippen LogP contribution in [0.1, 0.15) is 33.1 Å². The fourth-order valence-corrected chi connectivity index (χ4v) is 1.76. The van der Waals surface area contributed by atoms with Gasteiger partial charge in [-0.05, 0) is 12.8 Å². The van der Waals surface area contributed by atoms with Gasteiger partial charge in [-0.3, -0.25) is 9.59 Å². The fourth-order valence-electron chi connectivity index (χ4n) is 1.76. The maximum absolute atomic E-state index is 11.2. The number of carbonyl (C=O) groups excluding carboxylic acids is 2. The van der Waals surface area contributed by atoms with Crippen LogP contribution in [-0.2, 0) is 9.59 Å². The molecule has 3 heteroatoms. The number of rotatable bonds is 2. The summed E-state index contributed by atoms with van der Waals surface area (Å²) in [5.74, 6) is 0.447. The summed E-state index contributed by atoms with van der Waals surface area (Å²) in [7, 11) is 0. The molecule has 0 spiro atoms. The molecular weight excluding hydrogens is 154 g/mol. The van der Waals surface area contributed by atoms with Crippen molar-refractivity contribution in [1.29, 1.82) is 0 Å². The molecule has 0 radical (unpaired) electrons. The molecule has 12 heavy (non-hydrogen) atoms. The number of ketones is 1. The molecule has 3 nitrogen and oxygen atoms in total. The van der Waals surface area contributed by atoms with Crippen molar-refractivity contribution < 1.29 is 9.59 Å². The summed E-state index contributed by atoms with van der Waals surface area (Å²) in [6, 6.07) is 0.0972. The first-order chi connectivity index (χ1) is 5.63. The van der Waals surface area contributed by atoms with E-state index in [-0.39, 0.29) is 17.9 Å². The fraction of sp³-hybridized carbons (Fsp3) is 0.778. The van der Waals surface area contributed by atoms with Crippen LogP contribution >= 0.6 is 0 Å². The number of hydrogen-bond donors (Lipinski definition) is 1. The standard InChI is InChI=1S/C9H15NO2/c1-3-7-4-8(5-9(7)12)10-6(2)11/h7-8H,3-5H2,1-2H3,(H,10,11). The minimum absolute atomic E-state index is 0.0375. The Morgan fingerprint density at radius 2 is 2.33 bits per heavy atom. The lowest BCUT2D eigenvalue weighted by atomic mass is 10.0. The van der Waals surface area contributed by atoms with Crippen LogP contribution in [0.15, 0.2) is 0 Å². The number of amides is 1. The van der Waals surface area contributed by atoms with E-state index >= 15 is 0 Å². The third-order valence-corrected chi connectivity index (χ3v) is 2.37. The summed E-state index contributed by atoms with van der Waals surface area (Å²) < 4.78 is 0. The second kappa shape index (κ2) is 3.70. The van der Waals surface area contributed by atoms with Gasteiger partial charge in [0.25, 0.3) is 0 Å². The second-order valence-electron chi connectivity index (χ2n) is 3.41. The molecule has 1 N–H and O–H groups in total. The first kappa shape index (κ1) is 9.23. The maximum Gasteiger partial charge on any atom is 0.217 e. The minimum Gasteiger partial charge on any atom is -0.353 e. The Kier molecular flexibility index (Phi) is 2.84. The number of Topliss-reactive ketones (excluding diaryl/α,β-unsaturated/α-hetero) is 1. The molecule has 0 saturated heterocycles. The largest absolute Gasteiger partial charge is 0.353 e. The highest BCUT2D eigenvalue weighted by Gasteiger charge is 2.31. The van der Waals surface area contributed by atoms with E-state index < -0.39 is 0 Å². The first-order valence-corrected chi connectivity index (χ1v) is 4.43. The van der Waals surface area contributed by atoms with Crippen LogP contribution in [0.4, 0.5) is 0 Å². The van der Waals surface area contributed by atoms with E-state index in [1.807, 2.05) is 6.92 Å². The maximum atomic E-state index is 11.2. The summed E-state index contributed by atoms with van der Waals surface area (Å²) >= 11 is 0. The van der Waals surface area contributed by atoms with Gasteiger partial charge in [0.2, 0.25) is 5.91 Å². The van der Waals surface area contributed by atoms with Crippen LogP contribution in [0.2, 0.25) is 0 Å². The smallest absolute Gasteiger partial charge is 0.217 e. The van der Waals surface area contributed by atoms with E-state index in [4.69, 9.17) is 0 Å². The molecule has 0 aromatic heterocycles. The number of hydrogen-bond acceptors (Lipinski definition) is 2. The first-order valence-electron chi connectivity index (χ1n) is 4.43. The van der Waals surface area contributed by atoms with E-state index in [0.717, 1.165) is 12.8 Å². The van der Waals surface area contributed by atoms with Gasteiger partial charge in [-0.2, -0.15) is 0 Å². The third-order valence-electron chi connectivity index (χ3n) is 2.37. The second-order valence-corrected chi connectivity index (χ2v) is 3.41. The highest BCUT2D eigenvalue weighted by Crippen LogP contribution is 2.24. The van der Waals surface area contributed by atoms with E-state index in [2.05, 4.69) is 5.32 Å². The van der Waals surface area contributed by atoms with Crippen LogP contribution in [0.5, 0.6) is 0 Å². The van der Waals surface area contributed by atoms with Crippen molar-refractivity contribution in [3.8, 4) is 0 Å². The Hall–Kier alpha value is -0.860. The lowest BCUT2D eigenvalue weighted by Gasteiger charge is -2.08. The van der Waals surface area contributed by atoms with Gasteiger partial charge in [0.05, 0.1) is 0 Å². The number of carbonyl (C=O) groups is 2. The summed E-state index contributed by atoms with van der Waals surface area (Å²) in [4.78, 5) is 21.9. The predicted octanol–water partition coefficient (Wildman–Crippen LogP) is 0.880. The van der Waals surface area contributed by atoms with E-state index in [1.54, 1.807) is 0 Å². The molecule has 0 bridgehead atoms. The van der Waals surface area contributed by atoms with Gasteiger partial charge in [0, 0.05) is 25.3 Å². The molecule has 1 aliphatic carbocycles. The van der Waals surface area contributed by atoms with Crippen molar-refractivity contribution in [1.82, 2.24) is 5.32 Å². The molecule has 0 aromatic rings. The molecule has 68 valence electrons. The van der Waals surface area contributed by atoms with E-state index in [0.29, 0.717) is 12.2 Å². The monoisotopic (exact) mass is 169 g/mol. The zero-order chi connectivity index (χ0) is 9.14. The summed E-state index contributed by atoms with van der Waals surface area (Å²) in [5.41, 5.74) is 0. The molecule has 1 amide bonds. The zero-order valence-electron chi connectivity index (χ0n) is 7.59. The van der Waals surface area contributed by atoms with Crippen LogP contribution in [0, 0.1) is 5.92 Å². The topological polar surface area (TPSA) is 46.2 Å². The van der Waals surface area contributed by atoms with Gasteiger partial charge in [-0.15, -0.1) is 0 Å². The Morgan fingerprint density at radius 1 is 1.67 bits per heavy atom. The molecule has 1 rings (SSSR count). The Bertz CT molecular complexity index is 201. The van der Waals surface area contributed by atoms with Gasteiger partial charge in [-0.1, -0.05) is 6.92 Å². The molecule has 2 unspecified atom stereocenters. The van der Waals surface area contributed by atoms with Gasteiger partial charge in [0.1, 0.15) is 5.78 Å². The zero-order valence-corrected chi connectivity index (χ0v) is 7.59. The Morgan fingerprint density at radius 3 is 2.75 bits per heavy atom. The minimum atomic E-state index is -0.0375. The van der Waals surface area contributed by atoms with E-state index in [1.165, 1.54) is 6.92 Å². The lowest BCUT2D eigenvalue weighted by molar-refractivity contribution is -0.120. The van der Waals surface area contributed by atoms with Crippen molar-refractivity contribution in [3.63, 3.8) is 0 Å². The predicted molar refractivity (Wildman–Crippen MR) is 45.6 cm³/mol.